The van der Waals surface area contributed by atoms with Crippen LogP contribution in [0.2, 0.25) is 0 Å². The summed E-state index contributed by atoms with van der Waals surface area (Å²) in [7, 11) is -0.827. The van der Waals surface area contributed by atoms with E-state index in [2.05, 4.69) is 10.3 Å². The van der Waals surface area contributed by atoms with Crippen LogP contribution in [0.25, 0.3) is 0 Å². The topological polar surface area (TPSA) is 148 Å². The quantitative estimate of drug-likeness (QED) is 0.334. The maximum Gasteiger partial charge on any atom is 0.258 e. The number of rotatable bonds is 9. The maximum atomic E-state index is 14.3. The molecule has 0 saturated heterocycles. The van der Waals surface area contributed by atoms with E-state index in [1.54, 1.807) is 54.3 Å². The van der Waals surface area contributed by atoms with Gasteiger partial charge in [0.05, 0.1) is 42.4 Å². The predicted octanol–water partition coefficient (Wildman–Crippen LogP) is 4.46. The summed E-state index contributed by atoms with van der Waals surface area (Å²) in [6.07, 6.45) is 4.47. The van der Waals surface area contributed by atoms with E-state index in [-0.39, 0.29) is 48.1 Å². The molecule has 4 atom stereocenters. The molecule has 0 fully saturated rings. The average Bonchev–Trinajstić information content (AvgIpc) is 3.09. The summed E-state index contributed by atoms with van der Waals surface area (Å²) in [5.41, 5.74) is 1.05. The SMILES string of the molecule is COc1ccc(S(=O)(=O)N(C)C[C@@H]2OCCCC[C@@H](C)Oc3ccc(NC(=O)c4ccncc4)cc3C(=O)N([C@@H](C)CO)C[C@H]2C)cc1. The molecule has 3 aromatic rings. The monoisotopic (exact) mass is 682 g/mol. The molecule has 0 radical (unpaired) electrons. The Kier molecular flexibility index (Phi) is 12.9. The van der Waals surface area contributed by atoms with Gasteiger partial charge in [0.25, 0.3) is 11.8 Å². The lowest BCUT2D eigenvalue weighted by molar-refractivity contribution is -0.00834. The largest absolute Gasteiger partial charge is 0.497 e. The summed E-state index contributed by atoms with van der Waals surface area (Å²) in [5.74, 6) is -0.180. The van der Waals surface area contributed by atoms with Crippen LogP contribution in [-0.2, 0) is 14.8 Å². The third kappa shape index (κ3) is 9.31. The number of aliphatic hydroxyl groups excluding tert-OH is 1. The van der Waals surface area contributed by atoms with Crippen molar-refractivity contribution in [3.8, 4) is 11.5 Å². The van der Waals surface area contributed by atoms with Crippen LogP contribution >= 0.6 is 0 Å². The number of carbonyl (C=O) groups is 2. The molecule has 2 aromatic carbocycles. The highest BCUT2D eigenvalue weighted by Gasteiger charge is 2.32. The van der Waals surface area contributed by atoms with Crippen LogP contribution < -0.4 is 14.8 Å². The number of fused-ring (bicyclic) bond motifs is 1. The zero-order valence-corrected chi connectivity index (χ0v) is 29.0. The van der Waals surface area contributed by atoms with E-state index < -0.39 is 28.1 Å². The molecule has 2 heterocycles. The van der Waals surface area contributed by atoms with Crippen molar-refractivity contribution in [2.24, 2.45) is 5.92 Å². The van der Waals surface area contributed by atoms with Gasteiger partial charge in [0.15, 0.2) is 0 Å². The number of hydrogen-bond acceptors (Lipinski definition) is 9. The van der Waals surface area contributed by atoms with Crippen molar-refractivity contribution in [2.75, 3.05) is 45.8 Å². The molecular weight excluding hydrogens is 636 g/mol. The van der Waals surface area contributed by atoms with Crippen molar-refractivity contribution in [3.63, 3.8) is 0 Å². The Morgan fingerprint density at radius 1 is 1.12 bits per heavy atom. The number of nitrogens with one attached hydrogen (secondary N) is 1. The highest BCUT2D eigenvalue weighted by Crippen LogP contribution is 2.29. The Hall–Kier alpha value is -4.04. The second kappa shape index (κ2) is 16.9. The highest BCUT2D eigenvalue weighted by atomic mass is 32.2. The van der Waals surface area contributed by atoms with E-state index in [9.17, 15) is 23.1 Å². The first-order chi connectivity index (χ1) is 22.9. The number of aromatic nitrogens is 1. The predicted molar refractivity (Wildman–Crippen MR) is 182 cm³/mol. The molecule has 2 amide bonds. The third-order valence-corrected chi connectivity index (χ3v) is 10.3. The number of benzene rings is 2. The zero-order valence-electron chi connectivity index (χ0n) is 28.2. The molecule has 0 unspecified atom stereocenters. The lowest BCUT2D eigenvalue weighted by atomic mass is 10.0. The smallest absolute Gasteiger partial charge is 0.258 e. The minimum absolute atomic E-state index is 0.0480. The fraction of sp³-hybridized carbons (Fsp3) is 0.457. The molecule has 260 valence electrons. The number of pyridine rings is 1. The van der Waals surface area contributed by atoms with Crippen molar-refractivity contribution < 1.29 is 37.3 Å². The van der Waals surface area contributed by atoms with Crippen molar-refractivity contribution in [3.05, 3.63) is 78.1 Å². The molecule has 1 aliphatic heterocycles. The van der Waals surface area contributed by atoms with Gasteiger partial charge in [-0.3, -0.25) is 14.6 Å². The number of anilines is 1. The molecule has 0 bridgehead atoms. The molecule has 0 aliphatic carbocycles. The molecule has 0 saturated carbocycles. The van der Waals surface area contributed by atoms with Gasteiger partial charge >= 0.3 is 0 Å². The van der Waals surface area contributed by atoms with Crippen LogP contribution in [0.1, 0.15) is 60.7 Å². The molecule has 2 N–H and O–H groups in total. The van der Waals surface area contributed by atoms with Crippen molar-refractivity contribution in [2.45, 2.75) is 63.2 Å². The zero-order chi connectivity index (χ0) is 34.8. The van der Waals surface area contributed by atoms with Crippen LogP contribution in [0.5, 0.6) is 11.5 Å². The summed E-state index contributed by atoms with van der Waals surface area (Å²) >= 11 is 0. The van der Waals surface area contributed by atoms with Gasteiger partial charge in [-0.25, -0.2) is 8.42 Å². The van der Waals surface area contributed by atoms with Crippen LogP contribution in [0.15, 0.2) is 71.9 Å². The highest BCUT2D eigenvalue weighted by molar-refractivity contribution is 7.89. The molecule has 12 nitrogen and oxygen atoms in total. The summed E-state index contributed by atoms with van der Waals surface area (Å²) in [6.45, 7) is 5.87. The van der Waals surface area contributed by atoms with Gasteiger partial charge in [-0.05, 0) is 87.7 Å². The number of ether oxygens (including phenoxy) is 3. The van der Waals surface area contributed by atoms with Gasteiger partial charge < -0.3 is 29.5 Å². The summed E-state index contributed by atoms with van der Waals surface area (Å²) in [4.78, 5) is 32.9. The average molecular weight is 683 g/mol. The number of carbonyl (C=O) groups excluding carboxylic acids is 2. The second-order valence-electron chi connectivity index (χ2n) is 12.2. The normalized spacial score (nSPS) is 20.3. The summed E-state index contributed by atoms with van der Waals surface area (Å²) < 4.78 is 46.0. The van der Waals surface area contributed by atoms with E-state index in [4.69, 9.17) is 14.2 Å². The maximum absolute atomic E-state index is 14.3. The Bertz CT molecular complexity index is 1620. The van der Waals surface area contributed by atoms with Crippen LogP contribution in [-0.4, -0.2) is 98.2 Å². The fourth-order valence-electron chi connectivity index (χ4n) is 5.45. The van der Waals surface area contributed by atoms with Crippen molar-refractivity contribution >= 4 is 27.5 Å². The molecular formula is C35H46N4O8S. The van der Waals surface area contributed by atoms with Gasteiger partial charge in [0, 0.05) is 56.3 Å². The van der Waals surface area contributed by atoms with E-state index >= 15 is 0 Å². The Balaban J connectivity index is 1.64. The first-order valence-electron chi connectivity index (χ1n) is 16.1. The van der Waals surface area contributed by atoms with Crippen molar-refractivity contribution in [1.29, 1.82) is 0 Å². The minimum Gasteiger partial charge on any atom is -0.497 e. The number of sulfonamides is 1. The second-order valence-corrected chi connectivity index (χ2v) is 14.2. The first-order valence-corrected chi connectivity index (χ1v) is 17.5. The van der Waals surface area contributed by atoms with E-state index in [0.29, 0.717) is 35.8 Å². The van der Waals surface area contributed by atoms with Gasteiger partial charge in [-0.15, -0.1) is 0 Å². The number of methoxy groups -OCH3 is 1. The molecule has 1 aliphatic rings. The van der Waals surface area contributed by atoms with E-state index in [1.807, 2.05) is 13.8 Å². The molecule has 4 rings (SSSR count). The number of likely N-dealkylation sites (N-methyl/N-ethyl adjacent to an activating group) is 1. The van der Waals surface area contributed by atoms with Crippen LogP contribution in [0.4, 0.5) is 5.69 Å². The molecule has 48 heavy (non-hydrogen) atoms. The number of amides is 2. The number of nitrogens with zero attached hydrogens (tertiary/aromatic N) is 3. The van der Waals surface area contributed by atoms with Crippen molar-refractivity contribution in [1.82, 2.24) is 14.2 Å². The lowest BCUT2D eigenvalue weighted by Gasteiger charge is -2.35. The summed E-state index contributed by atoms with van der Waals surface area (Å²) in [5, 5.41) is 13.1. The third-order valence-electron chi connectivity index (χ3n) is 8.46. The van der Waals surface area contributed by atoms with Crippen LogP contribution in [0.3, 0.4) is 0 Å². The van der Waals surface area contributed by atoms with Gasteiger partial charge in [0.1, 0.15) is 11.5 Å². The van der Waals surface area contributed by atoms with E-state index in [1.165, 1.54) is 43.0 Å². The number of hydrogen-bond donors (Lipinski definition) is 2. The number of aliphatic hydroxyl groups is 1. The summed E-state index contributed by atoms with van der Waals surface area (Å²) in [6, 6.07) is 13.7. The lowest BCUT2D eigenvalue weighted by Crippen LogP contribution is -2.48. The fourth-order valence-corrected chi connectivity index (χ4v) is 6.63. The molecule has 13 heteroatoms. The molecule has 1 aromatic heterocycles. The first kappa shape index (κ1) is 36.8. The van der Waals surface area contributed by atoms with Gasteiger partial charge in [-0.1, -0.05) is 6.92 Å². The Morgan fingerprint density at radius 3 is 2.50 bits per heavy atom. The standard InChI is InChI=1S/C35H46N4O8S/c1-24-21-39(25(2)23-40)35(42)31-20-28(37-34(41)27-15-17-36-18-16-27)9-14-32(31)47-26(3)8-6-7-19-46-33(24)22-38(4)48(43,44)30-12-10-29(45-5)11-13-30/h9-18,20,24-26,33,40H,6-8,19,21-23H2,1-5H3,(H,37,41)/t24-,25+,26-,33+/m1/s1. The van der Waals surface area contributed by atoms with Crippen LogP contribution in [0, 0.1) is 5.92 Å². The van der Waals surface area contributed by atoms with Gasteiger partial charge in [0.2, 0.25) is 10.0 Å². The Morgan fingerprint density at radius 2 is 1.83 bits per heavy atom. The Labute approximate surface area is 283 Å². The van der Waals surface area contributed by atoms with Gasteiger partial charge in [-0.2, -0.15) is 4.31 Å². The molecule has 0 spiro atoms. The van der Waals surface area contributed by atoms with E-state index in [0.717, 1.165) is 12.8 Å². The minimum atomic E-state index is -3.85.